The molecule has 0 spiro atoms. The van der Waals surface area contributed by atoms with E-state index in [1.807, 2.05) is 19.1 Å². The summed E-state index contributed by atoms with van der Waals surface area (Å²) >= 11 is 0. The molecule has 4 atom stereocenters. The molecule has 1 saturated carbocycles. The lowest BCUT2D eigenvalue weighted by Gasteiger charge is -2.20. The molecule has 5 heteroatoms. The fraction of sp³-hybridized carbons (Fsp3) is 0.480. The maximum absolute atomic E-state index is 12.7. The number of carbonyl (C=O) groups is 2. The Morgan fingerprint density at radius 3 is 2.57 bits per heavy atom. The molecule has 1 aromatic heterocycles. The molecule has 1 amide bonds. The van der Waals surface area contributed by atoms with Gasteiger partial charge in [-0.05, 0) is 68.6 Å². The van der Waals surface area contributed by atoms with Crippen molar-refractivity contribution < 1.29 is 9.59 Å². The van der Waals surface area contributed by atoms with Crippen LogP contribution < -0.4 is 11.1 Å². The van der Waals surface area contributed by atoms with Gasteiger partial charge in [0.15, 0.2) is 5.78 Å². The van der Waals surface area contributed by atoms with E-state index in [-0.39, 0.29) is 17.6 Å². The average Bonchev–Trinajstić information content (AvgIpc) is 3.23. The summed E-state index contributed by atoms with van der Waals surface area (Å²) in [4.78, 5) is 29.5. The predicted molar refractivity (Wildman–Crippen MR) is 120 cm³/mol. The smallest absolute Gasteiger partial charge is 0.223 e. The van der Waals surface area contributed by atoms with E-state index in [2.05, 4.69) is 41.5 Å². The largest absolute Gasteiger partial charge is 0.384 e. The Labute approximate surface area is 179 Å². The van der Waals surface area contributed by atoms with Crippen LogP contribution in [0.1, 0.15) is 62.3 Å². The maximum atomic E-state index is 12.7. The van der Waals surface area contributed by atoms with Crippen molar-refractivity contribution in [2.45, 2.75) is 64.8 Å². The van der Waals surface area contributed by atoms with E-state index in [4.69, 9.17) is 5.73 Å². The lowest BCUT2D eigenvalue weighted by Crippen LogP contribution is -2.41. The standard InChI is InChI=1S/C25H33N3O2/c1-16(19-7-5-4-6-8-19)21-9-10-22(15-21)25(30)28-18(3)23(29)13-11-20-12-14-24(26)27-17(20)2/h4-8,12,14,16,18,21-22H,9-11,13,15H2,1-3H3,(H2,26,27)(H,28,30)/t16?,18-,21-,22+/m0/s1. The van der Waals surface area contributed by atoms with Crippen LogP contribution in [0.4, 0.5) is 5.82 Å². The number of carbonyl (C=O) groups excluding carboxylic acids is 2. The third-order valence-electron chi connectivity index (χ3n) is 6.58. The molecule has 3 N–H and O–H groups in total. The van der Waals surface area contributed by atoms with E-state index >= 15 is 0 Å². The van der Waals surface area contributed by atoms with Gasteiger partial charge in [-0.1, -0.05) is 43.3 Å². The van der Waals surface area contributed by atoms with Crippen LogP contribution in [-0.4, -0.2) is 22.7 Å². The van der Waals surface area contributed by atoms with Gasteiger partial charge in [0.1, 0.15) is 5.82 Å². The molecule has 1 unspecified atom stereocenters. The number of hydrogen-bond donors (Lipinski definition) is 2. The molecule has 5 nitrogen and oxygen atoms in total. The van der Waals surface area contributed by atoms with Crippen LogP contribution in [0.25, 0.3) is 0 Å². The molecule has 0 aliphatic heterocycles. The minimum absolute atomic E-state index is 0.0000414. The summed E-state index contributed by atoms with van der Waals surface area (Å²) < 4.78 is 0. The summed E-state index contributed by atoms with van der Waals surface area (Å²) in [7, 11) is 0. The molecule has 0 radical (unpaired) electrons. The molecule has 1 fully saturated rings. The van der Waals surface area contributed by atoms with Gasteiger partial charge >= 0.3 is 0 Å². The number of nitrogens with zero attached hydrogens (tertiary/aromatic N) is 1. The molecule has 160 valence electrons. The van der Waals surface area contributed by atoms with Gasteiger partial charge in [-0.15, -0.1) is 0 Å². The summed E-state index contributed by atoms with van der Waals surface area (Å²) in [6.45, 7) is 5.93. The second-order valence-electron chi connectivity index (χ2n) is 8.65. The van der Waals surface area contributed by atoms with E-state index in [9.17, 15) is 9.59 Å². The summed E-state index contributed by atoms with van der Waals surface area (Å²) in [5.41, 5.74) is 8.88. The summed E-state index contributed by atoms with van der Waals surface area (Å²) in [5.74, 6) is 1.50. The molecule has 1 heterocycles. The molecular weight excluding hydrogens is 374 g/mol. The van der Waals surface area contributed by atoms with Crippen molar-refractivity contribution in [1.82, 2.24) is 10.3 Å². The SMILES string of the molecule is Cc1nc(N)ccc1CCC(=O)[C@H](C)NC(=O)[C@@H]1CC[C@H](C(C)c2ccccc2)C1. The average molecular weight is 408 g/mol. The van der Waals surface area contributed by atoms with Gasteiger partial charge in [0.05, 0.1) is 6.04 Å². The third-order valence-corrected chi connectivity index (χ3v) is 6.58. The van der Waals surface area contributed by atoms with E-state index in [0.29, 0.717) is 30.5 Å². The van der Waals surface area contributed by atoms with Gasteiger partial charge in [-0.3, -0.25) is 9.59 Å². The fourth-order valence-corrected chi connectivity index (χ4v) is 4.50. The first-order valence-corrected chi connectivity index (χ1v) is 10.9. The topological polar surface area (TPSA) is 85.1 Å². The van der Waals surface area contributed by atoms with Gasteiger partial charge < -0.3 is 11.1 Å². The highest BCUT2D eigenvalue weighted by atomic mass is 16.2. The number of amides is 1. The lowest BCUT2D eigenvalue weighted by atomic mass is 9.86. The molecule has 3 rings (SSSR count). The van der Waals surface area contributed by atoms with Gasteiger partial charge in [-0.2, -0.15) is 0 Å². The molecular formula is C25H33N3O2. The number of Topliss-reactive ketones (excluding diaryl/α,β-unsaturated/α-hetero) is 1. The Balaban J connectivity index is 1.47. The minimum atomic E-state index is -0.467. The molecule has 1 aromatic carbocycles. The van der Waals surface area contributed by atoms with Gasteiger partial charge in [0.25, 0.3) is 0 Å². The number of anilines is 1. The first-order valence-electron chi connectivity index (χ1n) is 10.9. The third kappa shape index (κ3) is 5.47. The highest BCUT2D eigenvalue weighted by Crippen LogP contribution is 2.40. The van der Waals surface area contributed by atoms with Crippen molar-refractivity contribution in [3.05, 3.63) is 59.3 Å². The number of nitrogens with one attached hydrogen (secondary N) is 1. The maximum Gasteiger partial charge on any atom is 0.223 e. The van der Waals surface area contributed by atoms with Crippen LogP contribution >= 0.6 is 0 Å². The fourth-order valence-electron chi connectivity index (χ4n) is 4.50. The second kappa shape index (κ2) is 9.88. The van der Waals surface area contributed by atoms with Crippen molar-refractivity contribution in [3.8, 4) is 0 Å². The highest BCUT2D eigenvalue weighted by Gasteiger charge is 2.34. The van der Waals surface area contributed by atoms with Crippen molar-refractivity contribution in [1.29, 1.82) is 0 Å². The van der Waals surface area contributed by atoms with Crippen LogP contribution in [0.2, 0.25) is 0 Å². The Morgan fingerprint density at radius 2 is 1.87 bits per heavy atom. The Bertz CT molecular complexity index is 881. The van der Waals surface area contributed by atoms with Gasteiger partial charge in [0.2, 0.25) is 5.91 Å². The Hall–Kier alpha value is -2.69. The second-order valence-corrected chi connectivity index (χ2v) is 8.65. The number of ketones is 1. The number of nitrogens with two attached hydrogens (primary N) is 1. The summed E-state index contributed by atoms with van der Waals surface area (Å²) in [6, 6.07) is 13.7. The van der Waals surface area contributed by atoms with Gasteiger partial charge in [-0.25, -0.2) is 4.98 Å². The Kier molecular flexibility index (Phi) is 7.24. The van der Waals surface area contributed by atoms with Crippen LogP contribution in [0, 0.1) is 18.8 Å². The number of aryl methyl sites for hydroxylation is 2. The van der Waals surface area contributed by atoms with E-state index < -0.39 is 6.04 Å². The quantitative estimate of drug-likeness (QED) is 0.687. The van der Waals surface area contributed by atoms with Gasteiger partial charge in [0, 0.05) is 18.0 Å². The molecule has 2 aromatic rings. The molecule has 0 bridgehead atoms. The number of hydrogen-bond acceptors (Lipinski definition) is 4. The zero-order chi connectivity index (χ0) is 21.7. The van der Waals surface area contributed by atoms with Crippen molar-refractivity contribution in [2.75, 3.05) is 5.73 Å². The Morgan fingerprint density at radius 1 is 1.13 bits per heavy atom. The van der Waals surface area contributed by atoms with E-state index in [0.717, 1.165) is 30.5 Å². The first-order chi connectivity index (χ1) is 14.3. The van der Waals surface area contributed by atoms with E-state index in [1.165, 1.54) is 5.56 Å². The normalized spacial score (nSPS) is 20.5. The molecule has 1 aliphatic carbocycles. The number of rotatable bonds is 8. The van der Waals surface area contributed by atoms with Crippen LogP contribution in [-0.2, 0) is 16.0 Å². The lowest BCUT2D eigenvalue weighted by molar-refractivity contribution is -0.129. The van der Waals surface area contributed by atoms with Crippen LogP contribution in [0.15, 0.2) is 42.5 Å². The predicted octanol–water partition coefficient (Wildman–Crippen LogP) is 4.20. The first kappa shape index (κ1) is 22.0. The number of nitrogen functional groups attached to an aromatic ring is 1. The van der Waals surface area contributed by atoms with Crippen LogP contribution in [0.3, 0.4) is 0 Å². The number of pyridine rings is 1. The molecule has 0 saturated heterocycles. The van der Waals surface area contributed by atoms with Crippen molar-refractivity contribution in [3.63, 3.8) is 0 Å². The zero-order valence-corrected chi connectivity index (χ0v) is 18.2. The summed E-state index contributed by atoms with van der Waals surface area (Å²) in [6.07, 6.45) is 3.83. The highest BCUT2D eigenvalue weighted by molar-refractivity contribution is 5.89. The van der Waals surface area contributed by atoms with Crippen molar-refractivity contribution >= 4 is 17.5 Å². The zero-order valence-electron chi connectivity index (χ0n) is 18.2. The summed E-state index contributed by atoms with van der Waals surface area (Å²) in [5, 5.41) is 2.96. The van der Waals surface area contributed by atoms with Crippen molar-refractivity contribution in [2.24, 2.45) is 11.8 Å². The molecule has 1 aliphatic rings. The van der Waals surface area contributed by atoms with Crippen LogP contribution in [0.5, 0.6) is 0 Å². The number of benzene rings is 1. The van der Waals surface area contributed by atoms with E-state index in [1.54, 1.807) is 13.0 Å². The monoisotopic (exact) mass is 407 g/mol. The minimum Gasteiger partial charge on any atom is -0.384 e. The molecule has 30 heavy (non-hydrogen) atoms. The number of aromatic nitrogens is 1.